The van der Waals surface area contributed by atoms with E-state index in [0.29, 0.717) is 11.7 Å². The number of hydrogen-bond donors (Lipinski definition) is 1. The molecule has 1 aromatic heterocycles. The van der Waals surface area contributed by atoms with E-state index in [1.165, 1.54) is 37.0 Å². The van der Waals surface area contributed by atoms with Crippen LogP contribution < -0.4 is 5.32 Å². The number of rotatable bonds is 3. The molecule has 1 spiro atoms. The van der Waals surface area contributed by atoms with Gasteiger partial charge in [-0.05, 0) is 12.8 Å². The number of anilines is 1. The Morgan fingerprint density at radius 1 is 1.38 bits per heavy atom. The highest BCUT2D eigenvalue weighted by molar-refractivity contribution is 7.13. The molecule has 0 atom stereocenters. The monoisotopic (exact) mass is 309 g/mol. The maximum atomic E-state index is 12.1. The van der Waals surface area contributed by atoms with Crippen molar-refractivity contribution in [2.24, 2.45) is 0 Å². The van der Waals surface area contributed by atoms with Crippen LogP contribution in [0.4, 0.5) is 5.13 Å². The molecule has 0 unspecified atom stereocenters. The Morgan fingerprint density at radius 2 is 2.19 bits per heavy atom. The van der Waals surface area contributed by atoms with E-state index in [1.54, 1.807) is 6.20 Å². The molecule has 1 N–H and O–H groups in total. The number of aromatic nitrogens is 1. The number of amides is 1. The summed E-state index contributed by atoms with van der Waals surface area (Å²) >= 11 is 1.45. The molecule has 6 heteroatoms. The fourth-order valence-corrected chi connectivity index (χ4v) is 3.93. The maximum Gasteiger partial charge on any atom is 0.240 e. The second-order valence-electron chi connectivity index (χ2n) is 6.04. The van der Waals surface area contributed by atoms with Crippen molar-refractivity contribution in [3.63, 3.8) is 0 Å². The minimum absolute atomic E-state index is 0.00376. The Labute approximate surface area is 129 Å². The van der Waals surface area contributed by atoms with Gasteiger partial charge < -0.3 is 10.1 Å². The Bertz CT molecular complexity index is 455. The van der Waals surface area contributed by atoms with Gasteiger partial charge in [-0.2, -0.15) is 0 Å². The zero-order chi connectivity index (χ0) is 14.5. The second kappa shape index (κ2) is 6.85. The van der Waals surface area contributed by atoms with Crippen LogP contribution in [-0.4, -0.2) is 47.6 Å². The quantitative estimate of drug-likeness (QED) is 0.932. The first kappa shape index (κ1) is 14.9. The van der Waals surface area contributed by atoms with Crippen molar-refractivity contribution in [3.8, 4) is 0 Å². The summed E-state index contributed by atoms with van der Waals surface area (Å²) in [6, 6.07) is 0. The molecule has 0 radical (unpaired) electrons. The zero-order valence-electron chi connectivity index (χ0n) is 12.3. The minimum Gasteiger partial charge on any atom is -0.372 e. The summed E-state index contributed by atoms with van der Waals surface area (Å²) in [4.78, 5) is 18.4. The standard InChI is InChI=1S/C15H23N3O2S/c19-13(17-14-16-7-10-21-14)11-18-8-9-20-15(12-18)5-3-1-2-4-6-15/h7,10H,1-6,8-9,11-12H2,(H,16,17,19). The topological polar surface area (TPSA) is 54.5 Å². The molecule has 3 rings (SSSR count). The Hall–Kier alpha value is -0.980. The first-order valence-electron chi connectivity index (χ1n) is 7.81. The number of morpholine rings is 1. The van der Waals surface area contributed by atoms with Gasteiger partial charge in [-0.3, -0.25) is 9.69 Å². The van der Waals surface area contributed by atoms with Gasteiger partial charge in [0, 0.05) is 24.7 Å². The largest absolute Gasteiger partial charge is 0.372 e. The van der Waals surface area contributed by atoms with Crippen LogP contribution in [0.5, 0.6) is 0 Å². The first-order chi connectivity index (χ1) is 10.3. The van der Waals surface area contributed by atoms with Crippen LogP contribution in [0.1, 0.15) is 38.5 Å². The Kier molecular flexibility index (Phi) is 4.87. The molecule has 0 bridgehead atoms. The molecule has 2 heterocycles. The third kappa shape index (κ3) is 4.02. The van der Waals surface area contributed by atoms with Gasteiger partial charge in [0.1, 0.15) is 0 Å². The van der Waals surface area contributed by atoms with Crippen molar-refractivity contribution >= 4 is 22.4 Å². The van der Waals surface area contributed by atoms with E-state index in [2.05, 4.69) is 15.2 Å². The van der Waals surface area contributed by atoms with Gasteiger partial charge in [0.15, 0.2) is 5.13 Å². The summed E-state index contributed by atoms with van der Waals surface area (Å²) in [5.74, 6) is 0.0237. The van der Waals surface area contributed by atoms with E-state index in [9.17, 15) is 4.79 Å². The summed E-state index contributed by atoms with van der Waals surface area (Å²) in [6.07, 6.45) is 9.11. The molecule has 1 amide bonds. The predicted molar refractivity (Wildman–Crippen MR) is 83.6 cm³/mol. The summed E-state index contributed by atoms with van der Waals surface area (Å²) in [5, 5.41) is 5.40. The van der Waals surface area contributed by atoms with Crippen LogP contribution in [0.25, 0.3) is 0 Å². The smallest absolute Gasteiger partial charge is 0.240 e. The molecule has 1 aliphatic carbocycles. The van der Waals surface area contributed by atoms with E-state index >= 15 is 0 Å². The average Bonchev–Trinajstić information content (AvgIpc) is 2.86. The number of carbonyl (C=O) groups is 1. The molecule has 116 valence electrons. The van der Waals surface area contributed by atoms with Crippen LogP contribution in [0.2, 0.25) is 0 Å². The highest BCUT2D eigenvalue weighted by atomic mass is 32.1. The maximum absolute atomic E-state index is 12.1. The van der Waals surface area contributed by atoms with E-state index in [-0.39, 0.29) is 11.5 Å². The molecule has 2 fully saturated rings. The van der Waals surface area contributed by atoms with Crippen LogP contribution in [0.15, 0.2) is 11.6 Å². The third-order valence-electron chi connectivity index (χ3n) is 4.39. The zero-order valence-corrected chi connectivity index (χ0v) is 13.2. The predicted octanol–water partition coefficient (Wildman–Crippen LogP) is 2.51. The fraction of sp³-hybridized carbons (Fsp3) is 0.733. The molecular formula is C15H23N3O2S. The van der Waals surface area contributed by atoms with Gasteiger partial charge in [0.25, 0.3) is 0 Å². The van der Waals surface area contributed by atoms with E-state index in [4.69, 9.17) is 4.74 Å². The molecular weight excluding hydrogens is 286 g/mol. The average molecular weight is 309 g/mol. The van der Waals surface area contributed by atoms with Crippen molar-refractivity contribution in [2.75, 3.05) is 31.6 Å². The van der Waals surface area contributed by atoms with Crippen molar-refractivity contribution in [1.82, 2.24) is 9.88 Å². The summed E-state index contributed by atoms with van der Waals surface area (Å²) < 4.78 is 6.12. The van der Waals surface area contributed by atoms with E-state index in [1.807, 2.05) is 5.38 Å². The third-order valence-corrected chi connectivity index (χ3v) is 5.08. The first-order valence-corrected chi connectivity index (χ1v) is 8.69. The lowest BCUT2D eigenvalue weighted by atomic mass is 9.92. The van der Waals surface area contributed by atoms with Gasteiger partial charge in [-0.25, -0.2) is 4.98 Å². The minimum atomic E-state index is -0.00376. The van der Waals surface area contributed by atoms with Crippen molar-refractivity contribution in [1.29, 1.82) is 0 Å². The lowest BCUT2D eigenvalue weighted by molar-refractivity contribution is -0.130. The molecule has 5 nitrogen and oxygen atoms in total. The molecule has 2 aliphatic rings. The normalized spacial score (nSPS) is 22.9. The summed E-state index contributed by atoms with van der Waals surface area (Å²) in [6.45, 7) is 2.90. The van der Waals surface area contributed by atoms with Crippen LogP contribution in [-0.2, 0) is 9.53 Å². The van der Waals surface area contributed by atoms with Crippen molar-refractivity contribution in [2.45, 2.75) is 44.1 Å². The Morgan fingerprint density at radius 3 is 2.90 bits per heavy atom. The number of carbonyl (C=O) groups excluding carboxylic acids is 1. The van der Waals surface area contributed by atoms with Crippen LogP contribution in [0.3, 0.4) is 0 Å². The van der Waals surface area contributed by atoms with E-state index < -0.39 is 0 Å². The van der Waals surface area contributed by atoms with Gasteiger partial charge in [-0.1, -0.05) is 25.7 Å². The van der Waals surface area contributed by atoms with Gasteiger partial charge in [-0.15, -0.1) is 11.3 Å². The number of ether oxygens (including phenoxy) is 1. The molecule has 1 saturated carbocycles. The summed E-state index contributed by atoms with van der Waals surface area (Å²) in [5.41, 5.74) is -0.00376. The lowest BCUT2D eigenvalue weighted by Gasteiger charge is -2.42. The van der Waals surface area contributed by atoms with Crippen molar-refractivity contribution < 1.29 is 9.53 Å². The van der Waals surface area contributed by atoms with Gasteiger partial charge in [0.2, 0.25) is 5.91 Å². The van der Waals surface area contributed by atoms with Crippen LogP contribution >= 0.6 is 11.3 Å². The summed E-state index contributed by atoms with van der Waals surface area (Å²) in [7, 11) is 0. The fourth-order valence-electron chi connectivity index (χ4n) is 3.38. The highest BCUT2D eigenvalue weighted by Gasteiger charge is 2.37. The SMILES string of the molecule is O=C(CN1CCOC2(CCCCCC2)C1)Nc1nccs1. The second-order valence-corrected chi connectivity index (χ2v) is 6.94. The number of nitrogens with one attached hydrogen (secondary N) is 1. The molecule has 0 aromatic carbocycles. The molecule has 21 heavy (non-hydrogen) atoms. The molecule has 1 saturated heterocycles. The van der Waals surface area contributed by atoms with Crippen LogP contribution in [0, 0.1) is 0 Å². The Balaban J connectivity index is 1.54. The number of nitrogens with zero attached hydrogens (tertiary/aromatic N) is 2. The molecule has 1 aromatic rings. The van der Waals surface area contributed by atoms with Gasteiger partial charge in [0.05, 0.1) is 18.8 Å². The number of thiazole rings is 1. The molecule has 1 aliphatic heterocycles. The number of hydrogen-bond acceptors (Lipinski definition) is 5. The lowest BCUT2D eigenvalue weighted by Crippen LogP contribution is -2.53. The van der Waals surface area contributed by atoms with Crippen molar-refractivity contribution in [3.05, 3.63) is 11.6 Å². The van der Waals surface area contributed by atoms with E-state index in [0.717, 1.165) is 32.5 Å². The highest BCUT2D eigenvalue weighted by Crippen LogP contribution is 2.33. The van der Waals surface area contributed by atoms with Gasteiger partial charge >= 0.3 is 0 Å².